The number of hydrogen-bond acceptors (Lipinski definition) is 6. The Morgan fingerprint density at radius 3 is 2.41 bits per heavy atom. The lowest BCUT2D eigenvalue weighted by Crippen LogP contribution is -2.27. The molecule has 0 bridgehead atoms. The van der Waals surface area contributed by atoms with Crippen LogP contribution in [0.25, 0.3) is 0 Å². The minimum Gasteiger partial charge on any atom is -0.465 e. The van der Waals surface area contributed by atoms with Gasteiger partial charge in [-0.1, -0.05) is 30.3 Å². The molecule has 0 unspecified atom stereocenters. The lowest BCUT2D eigenvalue weighted by atomic mass is 10.1. The van der Waals surface area contributed by atoms with Gasteiger partial charge in [-0.05, 0) is 49.2 Å². The van der Waals surface area contributed by atoms with Gasteiger partial charge >= 0.3 is 5.97 Å². The molecule has 1 amide bonds. The average Bonchev–Trinajstić information content (AvgIpc) is 2.74. The number of carbonyl (C=O) groups is 2. The van der Waals surface area contributed by atoms with E-state index in [1.54, 1.807) is 37.3 Å². The molecule has 7 nitrogen and oxygen atoms in total. The molecule has 1 aromatic heterocycles. The summed E-state index contributed by atoms with van der Waals surface area (Å²) in [5, 5.41) is 5.94. The first-order chi connectivity index (χ1) is 14.0. The van der Waals surface area contributed by atoms with E-state index in [4.69, 9.17) is 0 Å². The molecule has 0 aliphatic rings. The van der Waals surface area contributed by atoms with Crippen LogP contribution in [0.2, 0.25) is 0 Å². The largest absolute Gasteiger partial charge is 0.465 e. The monoisotopic (exact) mass is 390 g/mol. The molecule has 148 valence electrons. The van der Waals surface area contributed by atoms with Crippen LogP contribution in [0.15, 0.2) is 60.7 Å². The summed E-state index contributed by atoms with van der Waals surface area (Å²) in [5.41, 5.74) is 3.26. The Labute approximate surface area is 169 Å². The summed E-state index contributed by atoms with van der Waals surface area (Å²) in [7, 11) is 1.33. The van der Waals surface area contributed by atoms with E-state index in [9.17, 15) is 9.59 Å². The lowest BCUT2D eigenvalue weighted by molar-refractivity contribution is 0.0600. The Balaban J connectivity index is 1.64. The topological polar surface area (TPSA) is 93.2 Å². The van der Waals surface area contributed by atoms with E-state index in [2.05, 4.69) is 25.3 Å². The number of aryl methyl sites for hydroxylation is 1. The first kappa shape index (κ1) is 20.0. The molecule has 0 atom stereocenters. The first-order valence-electron chi connectivity index (χ1n) is 9.18. The van der Waals surface area contributed by atoms with Gasteiger partial charge < -0.3 is 15.4 Å². The number of hydrogen-bond donors (Lipinski definition) is 2. The summed E-state index contributed by atoms with van der Waals surface area (Å²) in [4.78, 5) is 32.6. The maximum atomic E-state index is 12.5. The van der Waals surface area contributed by atoms with Crippen molar-refractivity contribution in [3.63, 3.8) is 0 Å². The number of esters is 1. The second-order valence-electron chi connectivity index (χ2n) is 6.40. The van der Waals surface area contributed by atoms with Gasteiger partial charge in [0.15, 0.2) is 0 Å². The van der Waals surface area contributed by atoms with Crippen LogP contribution >= 0.6 is 0 Å². The molecule has 0 radical (unpaired) electrons. The van der Waals surface area contributed by atoms with Crippen molar-refractivity contribution in [1.82, 2.24) is 15.3 Å². The molecule has 7 heteroatoms. The van der Waals surface area contributed by atoms with Gasteiger partial charge in [-0.25, -0.2) is 14.8 Å². The molecule has 2 aromatic carbocycles. The standard InChI is InChI=1S/C22H22N4O3/c1-15-14-19(20(27)23-13-12-16-6-4-3-5-7-16)26-22(24-15)25-18-10-8-17(9-11-18)21(28)29-2/h3-11,14H,12-13H2,1-2H3,(H,23,27)(H,24,25,26). The van der Waals surface area contributed by atoms with Gasteiger partial charge in [-0.2, -0.15) is 0 Å². The van der Waals surface area contributed by atoms with Crippen LogP contribution in [0.3, 0.4) is 0 Å². The van der Waals surface area contributed by atoms with Gasteiger partial charge in [0.1, 0.15) is 5.69 Å². The zero-order valence-electron chi connectivity index (χ0n) is 16.3. The van der Waals surface area contributed by atoms with E-state index >= 15 is 0 Å². The molecule has 3 rings (SSSR count). The van der Waals surface area contributed by atoms with Crippen molar-refractivity contribution in [3.8, 4) is 0 Å². The number of rotatable bonds is 7. The predicted octanol–water partition coefficient (Wildman–Crippen LogP) is 3.29. The van der Waals surface area contributed by atoms with Crippen molar-refractivity contribution < 1.29 is 14.3 Å². The van der Waals surface area contributed by atoms with E-state index < -0.39 is 5.97 Å². The number of carbonyl (C=O) groups excluding carboxylic acids is 2. The van der Waals surface area contributed by atoms with Gasteiger partial charge in [-0.15, -0.1) is 0 Å². The Bertz CT molecular complexity index is 989. The Kier molecular flexibility index (Phi) is 6.52. The van der Waals surface area contributed by atoms with Gasteiger partial charge in [0.25, 0.3) is 5.91 Å². The number of benzene rings is 2. The number of methoxy groups -OCH3 is 1. The fourth-order valence-corrected chi connectivity index (χ4v) is 2.73. The lowest BCUT2D eigenvalue weighted by Gasteiger charge is -2.09. The molecule has 0 aliphatic carbocycles. The fourth-order valence-electron chi connectivity index (χ4n) is 2.73. The summed E-state index contributed by atoms with van der Waals surface area (Å²) >= 11 is 0. The zero-order valence-corrected chi connectivity index (χ0v) is 16.3. The van der Waals surface area contributed by atoms with Gasteiger partial charge in [-0.3, -0.25) is 4.79 Å². The van der Waals surface area contributed by atoms with E-state index in [1.165, 1.54) is 7.11 Å². The number of nitrogens with zero attached hydrogens (tertiary/aromatic N) is 2. The zero-order chi connectivity index (χ0) is 20.6. The molecular formula is C22H22N4O3. The Morgan fingerprint density at radius 1 is 1.00 bits per heavy atom. The van der Waals surface area contributed by atoms with Crippen molar-refractivity contribution in [2.24, 2.45) is 0 Å². The van der Waals surface area contributed by atoms with E-state index in [0.717, 1.165) is 12.0 Å². The number of ether oxygens (including phenoxy) is 1. The smallest absolute Gasteiger partial charge is 0.337 e. The normalized spacial score (nSPS) is 10.3. The van der Waals surface area contributed by atoms with Crippen LogP contribution < -0.4 is 10.6 Å². The molecule has 1 heterocycles. The molecule has 3 aromatic rings. The Hall–Kier alpha value is -3.74. The van der Waals surface area contributed by atoms with Gasteiger partial charge in [0.05, 0.1) is 12.7 Å². The number of aromatic nitrogens is 2. The summed E-state index contributed by atoms with van der Waals surface area (Å²) in [5.74, 6) is -0.350. The van der Waals surface area contributed by atoms with Crippen LogP contribution in [0.5, 0.6) is 0 Å². The number of nitrogens with one attached hydrogen (secondary N) is 2. The minimum absolute atomic E-state index is 0.254. The van der Waals surface area contributed by atoms with Gasteiger partial charge in [0, 0.05) is 17.9 Å². The third kappa shape index (κ3) is 5.62. The van der Waals surface area contributed by atoms with Crippen LogP contribution in [0, 0.1) is 6.92 Å². The van der Waals surface area contributed by atoms with Crippen LogP contribution in [0.1, 0.15) is 32.1 Å². The predicted molar refractivity (Wildman–Crippen MR) is 110 cm³/mol. The van der Waals surface area contributed by atoms with Crippen LogP contribution in [-0.2, 0) is 11.2 Å². The van der Waals surface area contributed by atoms with Crippen molar-refractivity contribution >= 4 is 23.5 Å². The number of anilines is 2. The SMILES string of the molecule is COC(=O)c1ccc(Nc2nc(C)cc(C(=O)NCCc3ccccc3)n2)cc1. The van der Waals surface area contributed by atoms with Crippen molar-refractivity contribution in [2.45, 2.75) is 13.3 Å². The third-order valence-corrected chi connectivity index (χ3v) is 4.19. The van der Waals surface area contributed by atoms with Crippen molar-refractivity contribution in [1.29, 1.82) is 0 Å². The van der Waals surface area contributed by atoms with E-state index in [0.29, 0.717) is 35.1 Å². The summed E-state index contributed by atoms with van der Waals surface area (Å²) in [6, 6.07) is 18.3. The van der Waals surface area contributed by atoms with Crippen LogP contribution in [0.4, 0.5) is 11.6 Å². The molecule has 0 aliphatic heterocycles. The maximum absolute atomic E-state index is 12.5. The second-order valence-corrected chi connectivity index (χ2v) is 6.40. The molecule has 0 saturated carbocycles. The van der Waals surface area contributed by atoms with Crippen molar-refractivity contribution in [3.05, 3.63) is 83.2 Å². The molecule has 0 fully saturated rings. The van der Waals surface area contributed by atoms with Gasteiger partial charge in [0.2, 0.25) is 5.95 Å². The minimum atomic E-state index is -0.405. The fraction of sp³-hybridized carbons (Fsp3) is 0.182. The Morgan fingerprint density at radius 2 is 1.72 bits per heavy atom. The molecule has 29 heavy (non-hydrogen) atoms. The highest BCUT2D eigenvalue weighted by Crippen LogP contribution is 2.15. The molecule has 0 spiro atoms. The summed E-state index contributed by atoms with van der Waals surface area (Å²) in [6.45, 7) is 2.32. The highest BCUT2D eigenvalue weighted by molar-refractivity contribution is 5.92. The third-order valence-electron chi connectivity index (χ3n) is 4.19. The van der Waals surface area contributed by atoms with E-state index in [1.807, 2.05) is 30.3 Å². The highest BCUT2D eigenvalue weighted by atomic mass is 16.5. The number of amides is 1. The molecule has 2 N–H and O–H groups in total. The second kappa shape index (κ2) is 9.45. The highest BCUT2D eigenvalue weighted by Gasteiger charge is 2.11. The molecular weight excluding hydrogens is 368 g/mol. The van der Waals surface area contributed by atoms with Crippen molar-refractivity contribution in [2.75, 3.05) is 19.0 Å². The summed E-state index contributed by atoms with van der Waals surface area (Å²) < 4.78 is 4.68. The maximum Gasteiger partial charge on any atom is 0.337 e. The quantitative estimate of drug-likeness (QED) is 0.602. The first-order valence-corrected chi connectivity index (χ1v) is 9.18. The average molecular weight is 390 g/mol. The van der Waals surface area contributed by atoms with Crippen LogP contribution in [-0.4, -0.2) is 35.5 Å². The molecule has 0 saturated heterocycles. The summed E-state index contributed by atoms with van der Waals surface area (Å²) in [6.07, 6.45) is 0.744. The van der Waals surface area contributed by atoms with E-state index in [-0.39, 0.29) is 5.91 Å².